The molecule has 78 valence electrons. The Hall–Kier alpha value is -1.57. The van der Waals surface area contributed by atoms with Gasteiger partial charge in [-0.15, -0.1) is 0 Å². The molecule has 2 rings (SSSR count). The molecular weight excluding hydrogens is 186 g/mol. The van der Waals surface area contributed by atoms with Crippen LogP contribution in [0.4, 0.5) is 0 Å². The Labute approximate surface area is 90.0 Å². The van der Waals surface area contributed by atoms with Gasteiger partial charge in [-0.3, -0.25) is 4.79 Å². The number of hydrogen-bond acceptors (Lipinski definition) is 1. The van der Waals surface area contributed by atoms with Gasteiger partial charge in [0, 0.05) is 12.5 Å². The van der Waals surface area contributed by atoms with E-state index in [1.165, 1.54) is 5.56 Å². The maximum atomic E-state index is 11.3. The minimum atomic E-state index is 0.129. The first-order chi connectivity index (χ1) is 7.34. The molecule has 0 bridgehead atoms. The van der Waals surface area contributed by atoms with Crippen molar-refractivity contribution < 1.29 is 4.79 Å². The number of carbonyl (C=O) groups excluding carboxylic acids is 1. The lowest BCUT2D eigenvalue weighted by atomic mass is 10.0. The van der Waals surface area contributed by atoms with Crippen molar-refractivity contribution in [1.29, 1.82) is 0 Å². The van der Waals surface area contributed by atoms with Gasteiger partial charge in [0.15, 0.2) is 0 Å². The van der Waals surface area contributed by atoms with Gasteiger partial charge in [0.05, 0.1) is 0 Å². The molecule has 0 aromatic heterocycles. The van der Waals surface area contributed by atoms with Gasteiger partial charge in [-0.1, -0.05) is 42.5 Å². The van der Waals surface area contributed by atoms with Crippen molar-refractivity contribution in [3.05, 3.63) is 48.0 Å². The Morgan fingerprint density at radius 1 is 1.20 bits per heavy atom. The predicted molar refractivity (Wildman–Crippen MR) is 60.5 cm³/mol. The maximum Gasteiger partial charge on any atom is 0.224 e. The summed E-state index contributed by atoms with van der Waals surface area (Å²) in [6, 6.07) is 10.5. The molecule has 1 amide bonds. The highest BCUT2D eigenvalue weighted by Gasteiger charge is 2.13. The van der Waals surface area contributed by atoms with Crippen LogP contribution in [-0.2, 0) is 11.2 Å². The molecule has 1 aliphatic heterocycles. The van der Waals surface area contributed by atoms with Gasteiger partial charge in [-0.25, -0.2) is 0 Å². The van der Waals surface area contributed by atoms with Crippen molar-refractivity contribution in [3.63, 3.8) is 0 Å². The molecule has 1 aromatic carbocycles. The van der Waals surface area contributed by atoms with E-state index in [4.69, 9.17) is 0 Å². The highest BCUT2D eigenvalue weighted by atomic mass is 16.1. The van der Waals surface area contributed by atoms with E-state index in [0.29, 0.717) is 6.42 Å². The van der Waals surface area contributed by atoms with Crippen LogP contribution in [0.25, 0.3) is 0 Å². The van der Waals surface area contributed by atoms with Crippen LogP contribution in [0.1, 0.15) is 18.4 Å². The van der Waals surface area contributed by atoms with E-state index >= 15 is 0 Å². The molecule has 1 atom stereocenters. The van der Waals surface area contributed by atoms with Gasteiger partial charge in [-0.2, -0.15) is 0 Å². The largest absolute Gasteiger partial charge is 0.352 e. The summed E-state index contributed by atoms with van der Waals surface area (Å²) in [6.07, 6.45) is 6.40. The lowest BCUT2D eigenvalue weighted by Crippen LogP contribution is -2.34. The van der Waals surface area contributed by atoms with Crippen LogP contribution in [0, 0.1) is 0 Å². The molecule has 2 nitrogen and oxygen atoms in total. The zero-order chi connectivity index (χ0) is 10.5. The fourth-order valence-electron chi connectivity index (χ4n) is 1.83. The summed E-state index contributed by atoms with van der Waals surface area (Å²) in [5.41, 5.74) is 1.28. The molecule has 0 spiro atoms. The van der Waals surface area contributed by atoms with Crippen molar-refractivity contribution in [2.75, 3.05) is 0 Å². The second-order valence-electron chi connectivity index (χ2n) is 3.87. The average molecular weight is 201 g/mol. The van der Waals surface area contributed by atoms with Gasteiger partial charge < -0.3 is 5.32 Å². The number of nitrogens with one attached hydrogen (secondary N) is 1. The summed E-state index contributed by atoms with van der Waals surface area (Å²) in [6.45, 7) is 0. The fourth-order valence-corrected chi connectivity index (χ4v) is 1.83. The predicted octanol–water partition coefficient (Wildman–Crippen LogP) is 2.06. The first-order valence-corrected chi connectivity index (χ1v) is 5.33. The monoisotopic (exact) mass is 201 g/mol. The zero-order valence-electron chi connectivity index (χ0n) is 8.65. The van der Waals surface area contributed by atoms with Gasteiger partial charge in [0.1, 0.15) is 0 Å². The van der Waals surface area contributed by atoms with Crippen molar-refractivity contribution in [2.24, 2.45) is 0 Å². The highest BCUT2D eigenvalue weighted by Crippen LogP contribution is 2.09. The third kappa shape index (κ3) is 2.94. The molecule has 1 aromatic rings. The topological polar surface area (TPSA) is 29.1 Å². The Morgan fingerprint density at radius 2 is 2.00 bits per heavy atom. The average Bonchev–Trinajstić information content (AvgIpc) is 2.44. The molecule has 0 fully saturated rings. The van der Waals surface area contributed by atoms with Crippen LogP contribution in [0.5, 0.6) is 0 Å². The normalized spacial score (nSPS) is 20.8. The van der Waals surface area contributed by atoms with Crippen LogP contribution in [0.15, 0.2) is 42.5 Å². The van der Waals surface area contributed by atoms with Crippen LogP contribution in [0.2, 0.25) is 0 Å². The standard InChI is InChI=1S/C13H15NO/c15-13-9-5-4-8-12(14-13)10-11-6-2-1-3-7-11/h1-7,12H,8-10H2,(H,14,15). The molecule has 1 heterocycles. The van der Waals surface area contributed by atoms with E-state index in [0.717, 1.165) is 12.8 Å². The van der Waals surface area contributed by atoms with Gasteiger partial charge >= 0.3 is 0 Å². The summed E-state index contributed by atoms with van der Waals surface area (Å²) in [5.74, 6) is 0.129. The van der Waals surface area contributed by atoms with E-state index in [2.05, 4.69) is 23.5 Å². The summed E-state index contributed by atoms with van der Waals surface area (Å²) in [5, 5.41) is 3.03. The number of hydrogen-bond donors (Lipinski definition) is 1. The van der Waals surface area contributed by atoms with Crippen molar-refractivity contribution in [2.45, 2.75) is 25.3 Å². The molecule has 15 heavy (non-hydrogen) atoms. The van der Waals surface area contributed by atoms with E-state index in [1.807, 2.05) is 24.3 Å². The number of rotatable bonds is 2. The maximum absolute atomic E-state index is 11.3. The molecule has 1 aliphatic rings. The highest BCUT2D eigenvalue weighted by molar-refractivity contribution is 5.78. The minimum absolute atomic E-state index is 0.129. The summed E-state index contributed by atoms with van der Waals surface area (Å²) in [4.78, 5) is 11.3. The Morgan fingerprint density at radius 3 is 2.80 bits per heavy atom. The minimum Gasteiger partial charge on any atom is -0.352 e. The molecule has 0 saturated carbocycles. The van der Waals surface area contributed by atoms with E-state index < -0.39 is 0 Å². The van der Waals surface area contributed by atoms with Crippen LogP contribution in [-0.4, -0.2) is 11.9 Å². The smallest absolute Gasteiger partial charge is 0.224 e. The SMILES string of the molecule is O=C1CC=CCC(Cc2ccccc2)N1. The van der Waals surface area contributed by atoms with Crippen LogP contribution >= 0.6 is 0 Å². The van der Waals surface area contributed by atoms with Gasteiger partial charge in [-0.05, 0) is 18.4 Å². The van der Waals surface area contributed by atoms with E-state index in [1.54, 1.807) is 0 Å². The Balaban J connectivity index is 1.99. The second-order valence-corrected chi connectivity index (χ2v) is 3.87. The molecule has 2 heteroatoms. The zero-order valence-corrected chi connectivity index (χ0v) is 8.65. The Kier molecular flexibility index (Phi) is 3.18. The quantitative estimate of drug-likeness (QED) is 0.729. The number of amides is 1. The summed E-state index contributed by atoms with van der Waals surface area (Å²) >= 11 is 0. The molecule has 1 unspecified atom stereocenters. The first-order valence-electron chi connectivity index (χ1n) is 5.33. The van der Waals surface area contributed by atoms with E-state index in [9.17, 15) is 4.79 Å². The van der Waals surface area contributed by atoms with E-state index in [-0.39, 0.29) is 11.9 Å². The van der Waals surface area contributed by atoms with Gasteiger partial charge in [0.25, 0.3) is 0 Å². The van der Waals surface area contributed by atoms with Crippen molar-refractivity contribution in [1.82, 2.24) is 5.32 Å². The third-order valence-electron chi connectivity index (χ3n) is 2.58. The second kappa shape index (κ2) is 4.78. The number of benzene rings is 1. The van der Waals surface area contributed by atoms with Gasteiger partial charge in [0.2, 0.25) is 5.91 Å². The lowest BCUT2D eigenvalue weighted by molar-refractivity contribution is -0.120. The molecular formula is C13H15NO. The van der Waals surface area contributed by atoms with Crippen molar-refractivity contribution in [3.8, 4) is 0 Å². The number of carbonyl (C=O) groups is 1. The van der Waals surface area contributed by atoms with Crippen LogP contribution in [0.3, 0.4) is 0 Å². The molecule has 0 saturated heterocycles. The summed E-state index contributed by atoms with van der Waals surface area (Å²) in [7, 11) is 0. The van der Waals surface area contributed by atoms with Crippen LogP contribution < -0.4 is 5.32 Å². The lowest BCUT2D eigenvalue weighted by Gasteiger charge is -2.15. The first kappa shape index (κ1) is 9.97. The molecule has 1 N–H and O–H groups in total. The summed E-state index contributed by atoms with van der Waals surface area (Å²) < 4.78 is 0. The third-order valence-corrected chi connectivity index (χ3v) is 2.58. The Bertz CT molecular complexity index is 356. The fraction of sp³-hybridized carbons (Fsp3) is 0.308. The van der Waals surface area contributed by atoms with Crippen molar-refractivity contribution >= 4 is 5.91 Å². The molecule has 0 radical (unpaired) electrons. The molecule has 0 aliphatic carbocycles.